The summed E-state index contributed by atoms with van der Waals surface area (Å²) in [4.78, 5) is 41.1. The molecule has 2 aliphatic rings. The van der Waals surface area contributed by atoms with Crippen molar-refractivity contribution < 1.29 is 24.2 Å². The summed E-state index contributed by atoms with van der Waals surface area (Å²) in [5, 5.41) is 12.6. The molecule has 2 aliphatic heterocycles. The Balaban J connectivity index is 1.38. The normalized spacial score (nSPS) is 19.5. The average Bonchev–Trinajstić information content (AvgIpc) is 2.99. The van der Waals surface area contributed by atoms with E-state index in [1.54, 1.807) is 36.4 Å². The third-order valence-electron chi connectivity index (χ3n) is 6.55. The van der Waals surface area contributed by atoms with Crippen LogP contribution in [-0.4, -0.2) is 45.0 Å². The third-order valence-corrected chi connectivity index (χ3v) is 7.97. The van der Waals surface area contributed by atoms with Crippen LogP contribution in [0, 0.1) is 0 Å². The van der Waals surface area contributed by atoms with Gasteiger partial charge in [-0.25, -0.2) is 4.79 Å². The molecule has 3 atom stereocenters. The van der Waals surface area contributed by atoms with Gasteiger partial charge in [0.25, 0.3) is 11.8 Å². The highest BCUT2D eigenvalue weighted by Crippen LogP contribution is 2.42. The van der Waals surface area contributed by atoms with Crippen molar-refractivity contribution in [2.75, 3.05) is 5.75 Å². The van der Waals surface area contributed by atoms with E-state index in [1.165, 1.54) is 22.2 Å². The van der Waals surface area contributed by atoms with E-state index >= 15 is 0 Å². The fourth-order valence-electron chi connectivity index (χ4n) is 4.60. The van der Waals surface area contributed by atoms with Gasteiger partial charge in [-0.15, -0.1) is 11.8 Å². The van der Waals surface area contributed by atoms with E-state index in [4.69, 9.17) is 16.3 Å². The SMILES string of the molecule is O=C(OC(c1ccccc1)c1ccccc1)C1=C(/C=C/Cl)CS[C@H]2C(NC(=O)C(O)c3ccccc3)C(=O)N12. The largest absolute Gasteiger partial charge is 0.448 e. The first-order valence-corrected chi connectivity index (χ1v) is 13.8. The number of halogens is 1. The van der Waals surface area contributed by atoms with Crippen LogP contribution >= 0.6 is 23.4 Å². The number of amides is 2. The molecule has 39 heavy (non-hydrogen) atoms. The molecule has 0 saturated carbocycles. The van der Waals surface area contributed by atoms with Crippen molar-refractivity contribution >= 4 is 41.1 Å². The summed E-state index contributed by atoms with van der Waals surface area (Å²) in [6, 6.07) is 26.3. The van der Waals surface area contributed by atoms with E-state index in [0.717, 1.165) is 11.1 Å². The molecule has 5 rings (SSSR count). The molecule has 9 heteroatoms. The molecular weight excluding hydrogens is 536 g/mol. The van der Waals surface area contributed by atoms with Gasteiger partial charge in [-0.05, 0) is 28.3 Å². The first-order chi connectivity index (χ1) is 19.0. The number of rotatable bonds is 8. The summed E-state index contributed by atoms with van der Waals surface area (Å²) < 4.78 is 6.05. The predicted octanol–water partition coefficient (Wildman–Crippen LogP) is 4.46. The van der Waals surface area contributed by atoms with E-state index in [0.29, 0.717) is 16.9 Å². The van der Waals surface area contributed by atoms with Crippen LogP contribution in [0.5, 0.6) is 0 Å². The van der Waals surface area contributed by atoms with Crippen LogP contribution in [0.3, 0.4) is 0 Å². The fourth-order valence-corrected chi connectivity index (χ4v) is 6.07. The smallest absolute Gasteiger partial charge is 0.356 e. The number of allylic oxidation sites excluding steroid dienone is 1. The van der Waals surface area contributed by atoms with Gasteiger partial charge in [0.05, 0.1) is 0 Å². The standard InChI is InChI=1S/C30H25ClN2O5S/c31-17-16-22-18-39-29-23(32-27(35)25(34)19-10-4-1-5-11-19)28(36)33(29)24(22)30(37)38-26(20-12-6-2-7-13-20)21-14-8-3-9-15-21/h1-17,23,25-26,29,34H,18H2,(H,32,35)/b17-16+/t23?,25?,29-/m0/s1. The van der Waals surface area contributed by atoms with Gasteiger partial charge in [-0.1, -0.05) is 103 Å². The second-order valence-electron chi connectivity index (χ2n) is 8.98. The minimum Gasteiger partial charge on any atom is -0.448 e. The number of hydrogen-bond donors (Lipinski definition) is 2. The maximum Gasteiger partial charge on any atom is 0.356 e. The molecule has 7 nitrogen and oxygen atoms in total. The van der Waals surface area contributed by atoms with Crippen molar-refractivity contribution in [1.82, 2.24) is 10.2 Å². The zero-order valence-corrected chi connectivity index (χ0v) is 22.2. The monoisotopic (exact) mass is 560 g/mol. The minimum absolute atomic E-state index is 0.0895. The van der Waals surface area contributed by atoms with Crippen LogP contribution in [0.15, 0.2) is 114 Å². The number of fused-ring (bicyclic) bond motifs is 1. The molecule has 2 amide bonds. The maximum absolute atomic E-state index is 13.7. The van der Waals surface area contributed by atoms with Crippen molar-refractivity contribution in [2.45, 2.75) is 23.6 Å². The van der Waals surface area contributed by atoms with Gasteiger partial charge < -0.3 is 15.2 Å². The van der Waals surface area contributed by atoms with Gasteiger partial charge in [0.1, 0.15) is 17.1 Å². The summed E-state index contributed by atoms with van der Waals surface area (Å²) in [7, 11) is 0. The molecule has 3 aromatic rings. The number of thioether (sulfide) groups is 1. The van der Waals surface area contributed by atoms with E-state index in [9.17, 15) is 19.5 Å². The lowest BCUT2D eigenvalue weighted by Gasteiger charge is -2.49. The highest BCUT2D eigenvalue weighted by atomic mass is 35.5. The number of benzene rings is 3. The van der Waals surface area contributed by atoms with Gasteiger partial charge in [0, 0.05) is 11.3 Å². The number of carbonyl (C=O) groups is 3. The second kappa shape index (κ2) is 11.9. The molecule has 0 bridgehead atoms. The molecule has 0 spiro atoms. The lowest BCUT2D eigenvalue weighted by Crippen LogP contribution is -2.70. The number of nitrogens with zero attached hydrogens (tertiary/aromatic N) is 1. The van der Waals surface area contributed by atoms with Gasteiger partial charge in [0.2, 0.25) is 0 Å². The Morgan fingerprint density at radius 3 is 2.03 bits per heavy atom. The Labute approximate surface area is 235 Å². The van der Waals surface area contributed by atoms with Crippen LogP contribution < -0.4 is 5.32 Å². The van der Waals surface area contributed by atoms with Gasteiger partial charge >= 0.3 is 5.97 Å². The molecule has 1 fully saturated rings. The average molecular weight is 561 g/mol. The zero-order chi connectivity index (χ0) is 27.4. The minimum atomic E-state index is -1.42. The summed E-state index contributed by atoms with van der Waals surface area (Å²) in [5.41, 5.74) is 3.90. The number of aliphatic hydroxyl groups is 1. The molecule has 0 aliphatic carbocycles. The number of carbonyl (C=O) groups excluding carboxylic acids is 3. The van der Waals surface area contributed by atoms with Crippen LogP contribution in [-0.2, 0) is 19.1 Å². The Morgan fingerprint density at radius 1 is 0.949 bits per heavy atom. The molecule has 1 saturated heterocycles. The van der Waals surface area contributed by atoms with Gasteiger partial charge in [-0.3, -0.25) is 14.5 Å². The molecule has 2 heterocycles. The number of hydrogen-bond acceptors (Lipinski definition) is 6. The van der Waals surface area contributed by atoms with E-state index < -0.39 is 41.4 Å². The molecule has 0 radical (unpaired) electrons. The van der Waals surface area contributed by atoms with Crippen LogP contribution in [0.4, 0.5) is 0 Å². The van der Waals surface area contributed by atoms with Crippen molar-refractivity contribution in [3.8, 4) is 0 Å². The summed E-state index contributed by atoms with van der Waals surface area (Å²) >= 11 is 7.26. The number of β-lactam (4-membered cyclic amide) rings is 1. The Hall–Kier alpha value is -3.85. The predicted molar refractivity (Wildman–Crippen MR) is 149 cm³/mol. The Kier molecular flexibility index (Phi) is 8.16. The van der Waals surface area contributed by atoms with Crippen molar-refractivity contribution in [2.24, 2.45) is 0 Å². The van der Waals surface area contributed by atoms with Crippen molar-refractivity contribution in [1.29, 1.82) is 0 Å². The molecular formula is C30H25ClN2O5S. The highest BCUT2D eigenvalue weighted by Gasteiger charge is 2.54. The molecule has 2 unspecified atom stereocenters. The fraction of sp³-hybridized carbons (Fsp3) is 0.167. The third kappa shape index (κ3) is 5.49. The van der Waals surface area contributed by atoms with Crippen LogP contribution in [0.25, 0.3) is 0 Å². The number of esters is 1. The number of aliphatic hydroxyl groups excluding tert-OH is 1. The maximum atomic E-state index is 13.7. The van der Waals surface area contributed by atoms with E-state index in [-0.39, 0.29) is 5.70 Å². The van der Waals surface area contributed by atoms with E-state index in [2.05, 4.69) is 5.32 Å². The number of nitrogens with one attached hydrogen (secondary N) is 1. The second-order valence-corrected chi connectivity index (χ2v) is 10.3. The molecule has 198 valence electrons. The highest BCUT2D eigenvalue weighted by molar-refractivity contribution is 8.00. The summed E-state index contributed by atoms with van der Waals surface area (Å²) in [5.74, 6) is -1.46. The topological polar surface area (TPSA) is 95.9 Å². The Morgan fingerprint density at radius 2 is 1.49 bits per heavy atom. The van der Waals surface area contributed by atoms with Gasteiger partial charge in [-0.2, -0.15) is 0 Å². The van der Waals surface area contributed by atoms with Crippen molar-refractivity contribution in [3.05, 3.63) is 131 Å². The summed E-state index contributed by atoms with van der Waals surface area (Å²) in [6.45, 7) is 0. The molecule has 0 aromatic heterocycles. The first kappa shape index (κ1) is 26.7. The quantitative estimate of drug-likeness (QED) is 0.312. The van der Waals surface area contributed by atoms with Gasteiger partial charge in [0.15, 0.2) is 12.2 Å². The Bertz CT molecular complexity index is 1380. The molecule has 3 aromatic carbocycles. The summed E-state index contributed by atoms with van der Waals surface area (Å²) in [6.07, 6.45) is -0.553. The van der Waals surface area contributed by atoms with Crippen molar-refractivity contribution in [3.63, 3.8) is 0 Å². The van der Waals surface area contributed by atoms with Crippen LogP contribution in [0.1, 0.15) is 28.9 Å². The zero-order valence-electron chi connectivity index (χ0n) is 20.6. The van der Waals surface area contributed by atoms with Crippen LogP contribution in [0.2, 0.25) is 0 Å². The number of ether oxygens (including phenoxy) is 1. The first-order valence-electron chi connectivity index (χ1n) is 12.3. The lowest BCUT2D eigenvalue weighted by atomic mass is 10.00. The lowest BCUT2D eigenvalue weighted by molar-refractivity contribution is -0.155. The van der Waals surface area contributed by atoms with E-state index in [1.807, 2.05) is 60.7 Å². The molecule has 2 N–H and O–H groups in total.